The van der Waals surface area contributed by atoms with Crippen LogP contribution in [0.4, 0.5) is 4.79 Å². The first-order valence-corrected chi connectivity index (χ1v) is 9.54. The van der Waals surface area contributed by atoms with Gasteiger partial charge in [-0.15, -0.1) is 0 Å². The lowest BCUT2D eigenvalue weighted by Gasteiger charge is -2.32. The van der Waals surface area contributed by atoms with E-state index in [0.717, 1.165) is 24.8 Å². The first kappa shape index (κ1) is 17.5. The zero-order valence-electron chi connectivity index (χ0n) is 15.0. The van der Waals surface area contributed by atoms with E-state index in [9.17, 15) is 9.59 Å². The molecule has 1 aliphatic heterocycles. The molecule has 3 fully saturated rings. The van der Waals surface area contributed by atoms with Crippen LogP contribution in [0.5, 0.6) is 0 Å². The van der Waals surface area contributed by atoms with Gasteiger partial charge in [-0.2, -0.15) is 0 Å². The molecule has 1 saturated heterocycles. The van der Waals surface area contributed by atoms with Gasteiger partial charge in [0.2, 0.25) is 5.91 Å². The quantitative estimate of drug-likeness (QED) is 0.814. The van der Waals surface area contributed by atoms with Crippen molar-refractivity contribution in [3.63, 3.8) is 0 Å². The first-order chi connectivity index (χ1) is 11.5. The van der Waals surface area contributed by atoms with Crippen molar-refractivity contribution >= 4 is 11.9 Å². The van der Waals surface area contributed by atoms with E-state index in [4.69, 9.17) is 5.73 Å². The van der Waals surface area contributed by atoms with E-state index >= 15 is 0 Å². The van der Waals surface area contributed by atoms with Crippen LogP contribution in [0.15, 0.2) is 0 Å². The Bertz CT molecular complexity index is 484. The van der Waals surface area contributed by atoms with Gasteiger partial charge in [0, 0.05) is 32.2 Å². The van der Waals surface area contributed by atoms with Crippen LogP contribution < -0.4 is 11.1 Å². The summed E-state index contributed by atoms with van der Waals surface area (Å²) in [5.41, 5.74) is 5.37. The minimum Gasteiger partial charge on any atom is -0.352 e. The molecule has 5 atom stereocenters. The predicted octanol–water partition coefficient (Wildman–Crippen LogP) is 1.40. The Morgan fingerprint density at radius 2 is 1.88 bits per heavy atom. The summed E-state index contributed by atoms with van der Waals surface area (Å²) in [6.07, 6.45) is 6.26. The molecule has 0 radical (unpaired) electrons. The molecule has 3 aliphatic rings. The van der Waals surface area contributed by atoms with E-state index in [0.29, 0.717) is 25.6 Å². The van der Waals surface area contributed by atoms with Gasteiger partial charge in [-0.1, -0.05) is 6.42 Å². The number of rotatable bonds is 4. The fourth-order valence-corrected chi connectivity index (χ4v) is 5.07. The summed E-state index contributed by atoms with van der Waals surface area (Å²) in [7, 11) is 0. The third-order valence-electron chi connectivity index (χ3n) is 6.57. The van der Waals surface area contributed by atoms with Gasteiger partial charge < -0.3 is 16.0 Å². The molecular formula is C18H32N4O2. The molecule has 6 nitrogen and oxygen atoms in total. The van der Waals surface area contributed by atoms with Crippen LogP contribution in [0.3, 0.4) is 0 Å². The molecule has 6 heteroatoms. The Labute approximate surface area is 145 Å². The standard InChI is InChI=1S/C18H32N4O2/c1-12(16-11-14-4-5-15(16)10-14)20-17(23)13(2)21-6-3-7-22(9-8-21)18(19)24/h12-16H,3-11H2,1-2H3,(H2,19,24)(H,20,23)/t12-,13+,14-,15-,16-/m0/s1. The smallest absolute Gasteiger partial charge is 0.314 e. The number of nitrogens with two attached hydrogens (primary N) is 1. The molecule has 136 valence electrons. The van der Waals surface area contributed by atoms with Crippen LogP contribution in [-0.4, -0.2) is 60.0 Å². The summed E-state index contributed by atoms with van der Waals surface area (Å²) in [5, 5.41) is 3.27. The normalized spacial score (nSPS) is 33.1. The van der Waals surface area contributed by atoms with Crippen LogP contribution in [-0.2, 0) is 4.79 Å². The van der Waals surface area contributed by atoms with Gasteiger partial charge in [-0.3, -0.25) is 9.69 Å². The maximum atomic E-state index is 12.7. The number of urea groups is 1. The molecule has 0 unspecified atom stereocenters. The van der Waals surface area contributed by atoms with Crippen LogP contribution in [0.25, 0.3) is 0 Å². The summed E-state index contributed by atoms with van der Waals surface area (Å²) in [6.45, 7) is 6.98. The number of nitrogens with one attached hydrogen (secondary N) is 1. The highest BCUT2D eigenvalue weighted by atomic mass is 16.2. The van der Waals surface area contributed by atoms with E-state index in [1.807, 2.05) is 6.92 Å². The molecule has 0 spiro atoms. The summed E-state index contributed by atoms with van der Waals surface area (Å²) < 4.78 is 0. The Balaban J connectivity index is 1.50. The maximum absolute atomic E-state index is 12.7. The lowest BCUT2D eigenvalue weighted by molar-refractivity contribution is -0.127. The number of hydrogen-bond acceptors (Lipinski definition) is 3. The van der Waals surface area contributed by atoms with E-state index in [2.05, 4.69) is 17.1 Å². The molecular weight excluding hydrogens is 304 g/mol. The number of carbonyl (C=O) groups excluding carboxylic acids is 2. The average molecular weight is 336 g/mol. The van der Waals surface area contributed by atoms with Crippen molar-refractivity contribution in [2.45, 2.75) is 58.0 Å². The van der Waals surface area contributed by atoms with Crippen LogP contribution in [0.1, 0.15) is 46.0 Å². The predicted molar refractivity (Wildman–Crippen MR) is 93.4 cm³/mol. The second-order valence-corrected chi connectivity index (χ2v) is 8.03. The van der Waals surface area contributed by atoms with Crippen molar-refractivity contribution in [3.05, 3.63) is 0 Å². The lowest BCUT2D eigenvalue weighted by atomic mass is 9.84. The highest BCUT2D eigenvalue weighted by Gasteiger charge is 2.42. The minimum atomic E-state index is -0.362. The molecule has 0 aromatic heterocycles. The number of primary amides is 1. The second kappa shape index (κ2) is 7.30. The van der Waals surface area contributed by atoms with Crippen LogP contribution >= 0.6 is 0 Å². The van der Waals surface area contributed by atoms with Crippen molar-refractivity contribution in [2.75, 3.05) is 26.2 Å². The summed E-state index contributed by atoms with van der Waals surface area (Å²) in [5.74, 6) is 2.51. The van der Waals surface area contributed by atoms with Gasteiger partial charge in [0.15, 0.2) is 0 Å². The molecule has 3 rings (SSSR count). The van der Waals surface area contributed by atoms with E-state index in [-0.39, 0.29) is 24.0 Å². The third kappa shape index (κ3) is 3.68. The Kier molecular flexibility index (Phi) is 5.33. The van der Waals surface area contributed by atoms with E-state index < -0.39 is 0 Å². The molecule has 2 saturated carbocycles. The fourth-order valence-electron chi connectivity index (χ4n) is 5.07. The van der Waals surface area contributed by atoms with E-state index in [1.54, 1.807) is 4.90 Å². The number of hydrogen-bond donors (Lipinski definition) is 2. The number of nitrogens with zero attached hydrogens (tertiary/aromatic N) is 2. The topological polar surface area (TPSA) is 78.7 Å². The molecule has 1 heterocycles. The van der Waals surface area contributed by atoms with Crippen molar-refractivity contribution in [1.29, 1.82) is 0 Å². The SMILES string of the molecule is C[C@H](NC(=O)[C@@H](C)N1CCCN(C(N)=O)CC1)[C@@H]1C[C@H]2CC[C@H]1C2. The molecule has 2 bridgehead atoms. The van der Waals surface area contributed by atoms with Crippen LogP contribution in [0.2, 0.25) is 0 Å². The molecule has 3 amide bonds. The zero-order chi connectivity index (χ0) is 17.3. The third-order valence-corrected chi connectivity index (χ3v) is 6.57. The van der Waals surface area contributed by atoms with Crippen molar-refractivity contribution in [3.8, 4) is 0 Å². The van der Waals surface area contributed by atoms with Gasteiger partial charge in [-0.05, 0) is 57.3 Å². The Hall–Kier alpha value is -1.30. The lowest BCUT2D eigenvalue weighted by Crippen LogP contribution is -2.50. The molecule has 24 heavy (non-hydrogen) atoms. The zero-order valence-corrected chi connectivity index (χ0v) is 15.0. The highest BCUT2D eigenvalue weighted by molar-refractivity contribution is 5.81. The van der Waals surface area contributed by atoms with Crippen molar-refractivity contribution < 1.29 is 9.59 Å². The average Bonchev–Trinajstić information content (AvgIpc) is 3.09. The molecule has 3 N–H and O–H groups in total. The number of amides is 3. The maximum Gasteiger partial charge on any atom is 0.314 e. The van der Waals surface area contributed by atoms with Crippen molar-refractivity contribution in [2.24, 2.45) is 23.5 Å². The van der Waals surface area contributed by atoms with Gasteiger partial charge >= 0.3 is 6.03 Å². The van der Waals surface area contributed by atoms with Gasteiger partial charge in [0.05, 0.1) is 6.04 Å². The summed E-state index contributed by atoms with van der Waals surface area (Å²) >= 11 is 0. The molecule has 0 aromatic rings. The largest absolute Gasteiger partial charge is 0.352 e. The minimum absolute atomic E-state index is 0.123. The Morgan fingerprint density at radius 3 is 2.50 bits per heavy atom. The van der Waals surface area contributed by atoms with Gasteiger partial charge in [0.1, 0.15) is 0 Å². The second-order valence-electron chi connectivity index (χ2n) is 8.03. The fraction of sp³-hybridized carbons (Fsp3) is 0.889. The van der Waals surface area contributed by atoms with Crippen LogP contribution in [0, 0.1) is 17.8 Å². The number of fused-ring (bicyclic) bond motifs is 2. The molecule has 2 aliphatic carbocycles. The first-order valence-electron chi connectivity index (χ1n) is 9.54. The Morgan fingerprint density at radius 1 is 1.08 bits per heavy atom. The van der Waals surface area contributed by atoms with Crippen molar-refractivity contribution in [1.82, 2.24) is 15.1 Å². The highest BCUT2D eigenvalue weighted by Crippen LogP contribution is 2.49. The number of carbonyl (C=O) groups is 2. The molecule has 0 aromatic carbocycles. The van der Waals surface area contributed by atoms with E-state index in [1.165, 1.54) is 25.7 Å². The van der Waals surface area contributed by atoms with Gasteiger partial charge in [0.25, 0.3) is 0 Å². The summed E-state index contributed by atoms with van der Waals surface area (Å²) in [4.78, 5) is 27.8. The van der Waals surface area contributed by atoms with Gasteiger partial charge in [-0.25, -0.2) is 4.79 Å². The monoisotopic (exact) mass is 336 g/mol. The summed E-state index contributed by atoms with van der Waals surface area (Å²) in [6, 6.07) is -0.248.